The molecular weight excluding hydrogens is 326 g/mol. The highest BCUT2D eigenvalue weighted by atomic mass is 32.2. The van der Waals surface area contributed by atoms with E-state index in [1.54, 1.807) is 13.0 Å². The number of urea groups is 1. The first-order valence-corrected chi connectivity index (χ1v) is 8.23. The third kappa shape index (κ3) is 4.23. The monoisotopic (exact) mass is 345 g/mol. The number of carbonyl (C=O) groups excluding carboxylic acids is 2. The van der Waals surface area contributed by atoms with E-state index in [-0.39, 0.29) is 0 Å². The third-order valence-electron chi connectivity index (χ3n) is 3.18. The van der Waals surface area contributed by atoms with Crippen molar-refractivity contribution in [1.82, 2.24) is 25.4 Å². The maximum atomic E-state index is 12.0. The first-order chi connectivity index (χ1) is 11.6. The third-order valence-corrected chi connectivity index (χ3v) is 4.26. The quantitative estimate of drug-likeness (QED) is 0.618. The van der Waals surface area contributed by atoms with Gasteiger partial charge >= 0.3 is 6.03 Å². The van der Waals surface area contributed by atoms with Crippen molar-refractivity contribution in [3.05, 3.63) is 43.0 Å². The van der Waals surface area contributed by atoms with E-state index < -0.39 is 17.2 Å². The molecule has 0 bridgehead atoms. The van der Waals surface area contributed by atoms with E-state index in [9.17, 15) is 9.59 Å². The molecule has 2 aromatic rings. The minimum absolute atomic E-state index is 0.395. The number of allylic oxidation sites excluding steroid dienone is 1. The largest absolute Gasteiger partial charge is 0.341 e. The van der Waals surface area contributed by atoms with Crippen LogP contribution in [-0.2, 0) is 11.3 Å². The Bertz CT molecular complexity index is 729. The molecule has 8 heteroatoms. The van der Waals surface area contributed by atoms with Gasteiger partial charge in [-0.2, -0.15) is 0 Å². The van der Waals surface area contributed by atoms with Crippen LogP contribution >= 0.6 is 11.8 Å². The van der Waals surface area contributed by atoms with Gasteiger partial charge in [-0.3, -0.25) is 14.7 Å². The van der Waals surface area contributed by atoms with Crippen molar-refractivity contribution >= 4 is 23.7 Å². The number of carbonyl (C=O) groups is 2. The molecule has 1 atom stereocenters. The Kier molecular flexibility index (Phi) is 6.14. The molecule has 0 saturated heterocycles. The van der Waals surface area contributed by atoms with Gasteiger partial charge in [0.1, 0.15) is 0 Å². The molecule has 7 nitrogen and oxygen atoms in total. The molecule has 2 N–H and O–H groups in total. The van der Waals surface area contributed by atoms with E-state index in [0.717, 1.165) is 5.56 Å². The number of aromatic nitrogens is 3. The first-order valence-electron chi connectivity index (χ1n) is 7.35. The van der Waals surface area contributed by atoms with Crippen molar-refractivity contribution in [3.63, 3.8) is 0 Å². The zero-order valence-corrected chi connectivity index (χ0v) is 14.3. The molecule has 0 fully saturated rings. The predicted octanol–water partition coefficient (Wildman–Crippen LogP) is 2.07. The lowest BCUT2D eigenvalue weighted by Gasteiger charge is -2.12. The van der Waals surface area contributed by atoms with Crippen molar-refractivity contribution in [2.75, 3.05) is 7.05 Å². The van der Waals surface area contributed by atoms with Crippen LogP contribution in [-0.4, -0.2) is 39.0 Å². The van der Waals surface area contributed by atoms with Gasteiger partial charge in [0.2, 0.25) is 5.91 Å². The molecule has 0 radical (unpaired) electrons. The Hall–Kier alpha value is -2.61. The summed E-state index contributed by atoms with van der Waals surface area (Å²) in [5.74, 6) is 0.311. The molecule has 2 rings (SSSR count). The van der Waals surface area contributed by atoms with Crippen LogP contribution in [0, 0.1) is 0 Å². The lowest BCUT2D eigenvalue weighted by molar-refractivity contribution is -0.119. The highest BCUT2D eigenvalue weighted by Crippen LogP contribution is 2.26. The average Bonchev–Trinajstić information content (AvgIpc) is 2.98. The molecule has 0 saturated carbocycles. The number of imide groups is 1. The summed E-state index contributed by atoms with van der Waals surface area (Å²) in [5.41, 5.74) is 0.932. The molecule has 3 amide bonds. The Labute approximate surface area is 144 Å². The van der Waals surface area contributed by atoms with Crippen molar-refractivity contribution in [2.24, 2.45) is 0 Å². The van der Waals surface area contributed by atoms with Crippen LogP contribution in [0.15, 0.2) is 48.1 Å². The zero-order chi connectivity index (χ0) is 17.5. The number of nitrogens with one attached hydrogen (secondary N) is 2. The Morgan fingerprint density at radius 3 is 2.67 bits per heavy atom. The van der Waals surface area contributed by atoms with Gasteiger partial charge in [-0.1, -0.05) is 48.2 Å². The summed E-state index contributed by atoms with van der Waals surface area (Å²) in [6.45, 7) is 5.98. The average molecular weight is 345 g/mol. The van der Waals surface area contributed by atoms with Gasteiger partial charge in [0.15, 0.2) is 11.0 Å². The summed E-state index contributed by atoms with van der Waals surface area (Å²) in [4.78, 5) is 23.2. The van der Waals surface area contributed by atoms with Gasteiger partial charge in [0.25, 0.3) is 0 Å². The molecule has 0 aliphatic rings. The number of hydrogen-bond acceptors (Lipinski definition) is 5. The minimum atomic E-state index is -0.537. The standard InChI is InChI=1S/C16H19N5O2S/c1-4-10-21-13(12-8-6-5-7-9-12)19-20-16(21)24-11(2)14(22)18-15(23)17-3/h4-9,11H,1,10H2,2-3H3,(H2,17,18,22,23)/t11-/m1/s1. The summed E-state index contributed by atoms with van der Waals surface area (Å²) in [6.07, 6.45) is 1.75. The van der Waals surface area contributed by atoms with Crippen molar-refractivity contribution < 1.29 is 9.59 Å². The zero-order valence-electron chi connectivity index (χ0n) is 13.5. The fourth-order valence-electron chi connectivity index (χ4n) is 1.96. The number of benzene rings is 1. The normalized spacial score (nSPS) is 11.6. The number of hydrogen-bond donors (Lipinski definition) is 2. The van der Waals surface area contributed by atoms with Crippen LogP contribution in [0.3, 0.4) is 0 Å². The smallest absolute Gasteiger partial charge is 0.321 e. The molecule has 0 unspecified atom stereocenters. The van der Waals surface area contributed by atoms with Gasteiger partial charge in [-0.05, 0) is 6.92 Å². The highest BCUT2D eigenvalue weighted by Gasteiger charge is 2.21. The van der Waals surface area contributed by atoms with Gasteiger partial charge in [0.05, 0.1) is 5.25 Å². The maximum Gasteiger partial charge on any atom is 0.321 e. The SMILES string of the molecule is C=CCn1c(S[C@H](C)C(=O)NC(=O)NC)nnc1-c1ccccc1. The summed E-state index contributed by atoms with van der Waals surface area (Å²) in [6, 6.07) is 9.13. The molecule has 0 aliphatic heterocycles. The van der Waals surface area contributed by atoms with Crippen molar-refractivity contribution in [1.29, 1.82) is 0 Å². The second-order valence-electron chi connectivity index (χ2n) is 4.90. The molecular formula is C16H19N5O2S. The number of rotatable bonds is 6. The molecule has 24 heavy (non-hydrogen) atoms. The van der Waals surface area contributed by atoms with Crippen molar-refractivity contribution in [3.8, 4) is 11.4 Å². The Morgan fingerprint density at radius 2 is 2.04 bits per heavy atom. The number of thioether (sulfide) groups is 1. The maximum absolute atomic E-state index is 12.0. The van der Waals surface area contributed by atoms with Crippen LogP contribution in [0.2, 0.25) is 0 Å². The Balaban J connectivity index is 2.21. The molecule has 126 valence electrons. The Morgan fingerprint density at radius 1 is 1.33 bits per heavy atom. The van der Waals surface area contributed by atoms with Crippen LogP contribution in [0.25, 0.3) is 11.4 Å². The fourth-order valence-corrected chi connectivity index (χ4v) is 2.82. The minimum Gasteiger partial charge on any atom is -0.341 e. The first kappa shape index (κ1) is 17.7. The summed E-state index contributed by atoms with van der Waals surface area (Å²) < 4.78 is 1.89. The predicted molar refractivity (Wildman–Crippen MR) is 93.6 cm³/mol. The van der Waals surface area contributed by atoms with Gasteiger partial charge in [-0.15, -0.1) is 16.8 Å². The topological polar surface area (TPSA) is 88.9 Å². The van der Waals surface area contributed by atoms with Crippen molar-refractivity contribution in [2.45, 2.75) is 23.9 Å². The number of amides is 3. The molecule has 1 aromatic carbocycles. The summed E-state index contributed by atoms with van der Waals surface area (Å²) >= 11 is 1.24. The lowest BCUT2D eigenvalue weighted by atomic mass is 10.2. The van der Waals surface area contributed by atoms with Gasteiger partial charge in [0, 0.05) is 19.2 Å². The molecule has 1 heterocycles. The summed E-state index contributed by atoms with van der Waals surface area (Å²) in [5, 5.41) is 13.1. The van der Waals surface area contributed by atoms with E-state index >= 15 is 0 Å². The van der Waals surface area contributed by atoms with Crippen LogP contribution in [0.4, 0.5) is 4.79 Å². The highest BCUT2D eigenvalue weighted by molar-refractivity contribution is 8.00. The van der Waals surface area contributed by atoms with E-state index in [0.29, 0.717) is 17.5 Å². The summed E-state index contributed by atoms with van der Waals surface area (Å²) in [7, 11) is 1.45. The van der Waals surface area contributed by atoms with E-state index in [4.69, 9.17) is 0 Å². The molecule has 1 aromatic heterocycles. The van der Waals surface area contributed by atoms with Gasteiger partial charge in [-0.25, -0.2) is 4.79 Å². The lowest BCUT2D eigenvalue weighted by Crippen LogP contribution is -2.41. The van der Waals surface area contributed by atoms with E-state index in [2.05, 4.69) is 27.4 Å². The van der Waals surface area contributed by atoms with Crippen LogP contribution in [0.1, 0.15) is 6.92 Å². The fraction of sp³-hybridized carbons (Fsp3) is 0.250. The second-order valence-corrected chi connectivity index (χ2v) is 6.21. The number of nitrogens with zero attached hydrogens (tertiary/aromatic N) is 3. The van der Waals surface area contributed by atoms with Crippen LogP contribution in [0.5, 0.6) is 0 Å². The van der Waals surface area contributed by atoms with Crippen LogP contribution < -0.4 is 10.6 Å². The van der Waals surface area contributed by atoms with E-state index in [1.165, 1.54) is 18.8 Å². The molecule has 0 aliphatic carbocycles. The molecule has 0 spiro atoms. The second kappa shape index (κ2) is 8.30. The van der Waals surface area contributed by atoms with E-state index in [1.807, 2.05) is 34.9 Å². The van der Waals surface area contributed by atoms with Gasteiger partial charge < -0.3 is 5.32 Å².